The molecule has 1 aromatic heterocycles. The zero-order valence-corrected chi connectivity index (χ0v) is 14.5. The second-order valence-corrected chi connectivity index (χ2v) is 7.03. The predicted octanol–water partition coefficient (Wildman–Crippen LogP) is 2.77. The normalized spacial score (nSPS) is 11.1. The van der Waals surface area contributed by atoms with Crippen molar-refractivity contribution in [3.8, 4) is 0 Å². The maximum Gasteiger partial charge on any atom is 0.309 e. The predicted molar refractivity (Wildman–Crippen MR) is 93.4 cm³/mol. The third-order valence-electron chi connectivity index (χ3n) is 3.77. The smallest absolute Gasteiger partial charge is 0.309 e. The summed E-state index contributed by atoms with van der Waals surface area (Å²) in [5, 5.41) is 9.42. The van der Waals surface area contributed by atoms with E-state index in [4.69, 9.17) is 0 Å². The van der Waals surface area contributed by atoms with Gasteiger partial charge in [0, 0.05) is 18.5 Å². The Hall–Kier alpha value is -2.14. The Bertz CT molecular complexity index is 661. The van der Waals surface area contributed by atoms with Gasteiger partial charge in [0.05, 0.1) is 0 Å². The summed E-state index contributed by atoms with van der Waals surface area (Å²) >= 11 is 1.62. The lowest BCUT2D eigenvalue weighted by atomic mass is 9.86. The van der Waals surface area contributed by atoms with Crippen molar-refractivity contribution in [3.63, 3.8) is 0 Å². The van der Waals surface area contributed by atoms with Gasteiger partial charge in [-0.15, -0.1) is 0 Å². The summed E-state index contributed by atoms with van der Waals surface area (Å²) in [5.74, 6) is -1.20. The molecule has 0 aliphatic rings. The average Bonchev–Trinajstić information content (AvgIpc) is 3.07. The van der Waals surface area contributed by atoms with E-state index in [0.29, 0.717) is 13.1 Å². The molecule has 23 heavy (non-hydrogen) atoms. The van der Waals surface area contributed by atoms with Crippen LogP contribution in [0.5, 0.6) is 0 Å². The van der Waals surface area contributed by atoms with Gasteiger partial charge in [0.25, 0.3) is 0 Å². The molecular weight excluding hydrogens is 308 g/mol. The summed E-state index contributed by atoms with van der Waals surface area (Å²) in [6.07, 6.45) is 0. The first-order valence-electron chi connectivity index (χ1n) is 7.53. The van der Waals surface area contributed by atoms with Crippen molar-refractivity contribution in [2.75, 3.05) is 6.54 Å². The molecule has 5 heteroatoms. The van der Waals surface area contributed by atoms with Gasteiger partial charge >= 0.3 is 11.8 Å². The molecule has 2 aromatic rings. The van der Waals surface area contributed by atoms with Crippen LogP contribution in [0.4, 0.5) is 0 Å². The fourth-order valence-electron chi connectivity index (χ4n) is 2.10. The Morgan fingerprint density at radius 3 is 2.30 bits per heavy atom. The van der Waals surface area contributed by atoms with Gasteiger partial charge in [0.15, 0.2) is 0 Å². The van der Waals surface area contributed by atoms with E-state index in [1.54, 1.807) is 11.3 Å². The summed E-state index contributed by atoms with van der Waals surface area (Å²) in [6.45, 7) is 6.85. The van der Waals surface area contributed by atoms with E-state index >= 15 is 0 Å². The summed E-state index contributed by atoms with van der Waals surface area (Å²) in [7, 11) is 0. The molecule has 0 bridgehead atoms. The van der Waals surface area contributed by atoms with Gasteiger partial charge in [0.2, 0.25) is 0 Å². The number of amides is 2. The summed E-state index contributed by atoms with van der Waals surface area (Å²) in [6, 6.07) is 9.87. The average molecular weight is 330 g/mol. The maximum absolute atomic E-state index is 11.9. The topological polar surface area (TPSA) is 58.2 Å². The molecule has 0 unspecified atom stereocenters. The molecule has 0 spiro atoms. The van der Waals surface area contributed by atoms with Gasteiger partial charge in [0.1, 0.15) is 0 Å². The first kappa shape index (κ1) is 17.2. The van der Waals surface area contributed by atoms with Crippen molar-refractivity contribution < 1.29 is 9.59 Å². The Morgan fingerprint density at radius 1 is 1.04 bits per heavy atom. The minimum absolute atomic E-state index is 0.201. The zero-order valence-electron chi connectivity index (χ0n) is 13.7. The van der Waals surface area contributed by atoms with E-state index in [0.717, 1.165) is 16.7 Å². The quantitative estimate of drug-likeness (QED) is 0.828. The lowest BCUT2D eigenvalue weighted by Crippen LogP contribution is -2.44. The van der Waals surface area contributed by atoms with E-state index < -0.39 is 11.8 Å². The molecule has 0 saturated carbocycles. The minimum atomic E-state index is -0.605. The number of hydrogen-bond donors (Lipinski definition) is 2. The summed E-state index contributed by atoms with van der Waals surface area (Å²) in [5.41, 5.74) is 3.08. The minimum Gasteiger partial charge on any atom is -0.347 e. The number of rotatable bonds is 5. The van der Waals surface area contributed by atoms with E-state index in [-0.39, 0.29) is 5.41 Å². The molecule has 0 radical (unpaired) electrons. The number of aryl methyl sites for hydroxylation is 1. The van der Waals surface area contributed by atoms with Gasteiger partial charge in [-0.1, -0.05) is 43.7 Å². The number of carbonyl (C=O) groups excluding carboxylic acids is 2. The van der Waals surface area contributed by atoms with Gasteiger partial charge in [-0.05, 0) is 34.9 Å². The SMILES string of the molecule is Cc1ccc(CNC(=O)C(=O)NCC(C)(C)c2ccsc2)cc1. The van der Waals surface area contributed by atoms with Gasteiger partial charge in [-0.3, -0.25) is 9.59 Å². The molecular formula is C18H22N2O2S. The van der Waals surface area contributed by atoms with Crippen LogP contribution in [0.2, 0.25) is 0 Å². The highest BCUT2D eigenvalue weighted by Crippen LogP contribution is 2.24. The number of carbonyl (C=O) groups is 2. The molecule has 2 rings (SSSR count). The van der Waals surface area contributed by atoms with Crippen LogP contribution in [0.15, 0.2) is 41.1 Å². The lowest BCUT2D eigenvalue weighted by Gasteiger charge is -2.24. The highest BCUT2D eigenvalue weighted by Gasteiger charge is 2.23. The lowest BCUT2D eigenvalue weighted by molar-refractivity contribution is -0.139. The Morgan fingerprint density at radius 2 is 1.70 bits per heavy atom. The van der Waals surface area contributed by atoms with Crippen LogP contribution in [-0.4, -0.2) is 18.4 Å². The van der Waals surface area contributed by atoms with E-state index in [9.17, 15) is 9.59 Å². The first-order chi connectivity index (χ1) is 10.9. The summed E-state index contributed by atoms with van der Waals surface area (Å²) in [4.78, 5) is 23.8. The molecule has 1 aromatic carbocycles. The van der Waals surface area contributed by atoms with Gasteiger partial charge in [-0.2, -0.15) is 11.3 Å². The second kappa shape index (κ2) is 7.42. The number of nitrogens with one attached hydrogen (secondary N) is 2. The monoisotopic (exact) mass is 330 g/mol. The fraction of sp³-hybridized carbons (Fsp3) is 0.333. The van der Waals surface area contributed by atoms with Crippen molar-refractivity contribution in [1.29, 1.82) is 0 Å². The molecule has 0 atom stereocenters. The van der Waals surface area contributed by atoms with Crippen LogP contribution < -0.4 is 10.6 Å². The molecule has 0 aliphatic carbocycles. The Labute approximate surface area is 140 Å². The Kier molecular flexibility index (Phi) is 5.55. The van der Waals surface area contributed by atoms with Crippen LogP contribution >= 0.6 is 11.3 Å². The van der Waals surface area contributed by atoms with Crippen LogP contribution in [0.3, 0.4) is 0 Å². The standard InChI is InChI=1S/C18H22N2O2S/c1-13-4-6-14(7-5-13)10-19-16(21)17(22)20-12-18(2,3)15-8-9-23-11-15/h4-9,11H,10,12H2,1-3H3,(H,19,21)(H,20,22). The molecule has 0 fully saturated rings. The van der Waals surface area contributed by atoms with E-state index in [1.807, 2.05) is 56.5 Å². The highest BCUT2D eigenvalue weighted by molar-refractivity contribution is 7.08. The highest BCUT2D eigenvalue weighted by atomic mass is 32.1. The fourth-order valence-corrected chi connectivity index (χ4v) is 2.95. The van der Waals surface area contributed by atoms with Crippen molar-refractivity contribution >= 4 is 23.2 Å². The van der Waals surface area contributed by atoms with Gasteiger partial charge in [-0.25, -0.2) is 0 Å². The largest absolute Gasteiger partial charge is 0.347 e. The van der Waals surface area contributed by atoms with Crippen LogP contribution in [0.1, 0.15) is 30.5 Å². The third kappa shape index (κ3) is 4.93. The van der Waals surface area contributed by atoms with Crippen molar-refractivity contribution in [1.82, 2.24) is 10.6 Å². The second-order valence-electron chi connectivity index (χ2n) is 6.25. The number of hydrogen-bond acceptors (Lipinski definition) is 3. The zero-order chi connectivity index (χ0) is 16.9. The Balaban J connectivity index is 1.81. The number of thiophene rings is 1. The van der Waals surface area contributed by atoms with Crippen LogP contribution in [-0.2, 0) is 21.5 Å². The summed E-state index contributed by atoms with van der Waals surface area (Å²) < 4.78 is 0. The maximum atomic E-state index is 11.9. The molecule has 0 aliphatic heterocycles. The van der Waals surface area contributed by atoms with Gasteiger partial charge < -0.3 is 10.6 Å². The molecule has 4 nitrogen and oxygen atoms in total. The molecule has 2 N–H and O–H groups in total. The van der Waals surface area contributed by atoms with Crippen LogP contribution in [0, 0.1) is 6.92 Å². The third-order valence-corrected chi connectivity index (χ3v) is 4.46. The van der Waals surface area contributed by atoms with E-state index in [1.165, 1.54) is 0 Å². The first-order valence-corrected chi connectivity index (χ1v) is 8.47. The molecule has 122 valence electrons. The van der Waals surface area contributed by atoms with Crippen molar-refractivity contribution in [2.45, 2.75) is 32.7 Å². The van der Waals surface area contributed by atoms with Crippen LogP contribution in [0.25, 0.3) is 0 Å². The van der Waals surface area contributed by atoms with E-state index in [2.05, 4.69) is 16.0 Å². The molecule has 2 amide bonds. The van der Waals surface area contributed by atoms with Crippen molar-refractivity contribution in [2.24, 2.45) is 0 Å². The molecule has 1 heterocycles. The van der Waals surface area contributed by atoms with Crippen molar-refractivity contribution in [3.05, 3.63) is 57.8 Å². The number of benzene rings is 1. The molecule has 0 saturated heterocycles.